The van der Waals surface area contributed by atoms with Gasteiger partial charge in [-0.3, -0.25) is 4.79 Å². The number of nitrogens with one attached hydrogen (secondary N) is 1. The van der Waals surface area contributed by atoms with Crippen molar-refractivity contribution < 1.29 is 4.79 Å². The SMILES string of the molecule is O=C(NCc1nc2ccccc2s1)c1nnc(Cl)s1. The topological polar surface area (TPSA) is 67.8 Å². The fraction of sp³-hybridized carbons (Fsp3) is 0.0909. The first-order valence-electron chi connectivity index (χ1n) is 5.34. The summed E-state index contributed by atoms with van der Waals surface area (Å²) in [5, 5.41) is 11.1. The summed E-state index contributed by atoms with van der Waals surface area (Å²) in [6.45, 7) is 0.370. The maximum absolute atomic E-state index is 11.8. The molecule has 0 aliphatic carbocycles. The Morgan fingerprint density at radius 1 is 1.26 bits per heavy atom. The Kier molecular flexibility index (Phi) is 3.41. The molecule has 0 aliphatic heterocycles. The first kappa shape index (κ1) is 12.5. The third-order valence-corrected chi connectivity index (χ3v) is 4.39. The number of thiazole rings is 1. The monoisotopic (exact) mass is 310 g/mol. The molecule has 1 aromatic carbocycles. The smallest absolute Gasteiger partial charge is 0.282 e. The van der Waals surface area contributed by atoms with Crippen molar-refractivity contribution in [3.63, 3.8) is 0 Å². The second-order valence-electron chi connectivity index (χ2n) is 3.62. The Morgan fingerprint density at radius 3 is 2.84 bits per heavy atom. The van der Waals surface area contributed by atoms with Crippen LogP contribution in [0.15, 0.2) is 24.3 Å². The van der Waals surface area contributed by atoms with E-state index in [2.05, 4.69) is 20.5 Å². The van der Waals surface area contributed by atoms with Crippen LogP contribution in [0.5, 0.6) is 0 Å². The second kappa shape index (κ2) is 5.20. The van der Waals surface area contributed by atoms with E-state index in [0.717, 1.165) is 26.6 Å². The van der Waals surface area contributed by atoms with Crippen molar-refractivity contribution >= 4 is 50.4 Å². The zero-order chi connectivity index (χ0) is 13.2. The van der Waals surface area contributed by atoms with Crippen LogP contribution in [-0.4, -0.2) is 21.1 Å². The van der Waals surface area contributed by atoms with Crippen molar-refractivity contribution in [1.82, 2.24) is 20.5 Å². The number of carbonyl (C=O) groups excluding carboxylic acids is 1. The molecular weight excluding hydrogens is 304 g/mol. The summed E-state index contributed by atoms with van der Waals surface area (Å²) in [4.78, 5) is 16.2. The molecule has 0 unspecified atom stereocenters. The highest BCUT2D eigenvalue weighted by atomic mass is 35.5. The quantitative estimate of drug-likeness (QED) is 0.807. The summed E-state index contributed by atoms with van der Waals surface area (Å²) in [6.07, 6.45) is 0. The van der Waals surface area contributed by atoms with Gasteiger partial charge in [-0.25, -0.2) is 4.98 Å². The lowest BCUT2D eigenvalue weighted by Gasteiger charge is -1.97. The van der Waals surface area contributed by atoms with Crippen LogP contribution in [0.3, 0.4) is 0 Å². The number of amides is 1. The first-order valence-corrected chi connectivity index (χ1v) is 7.35. The van der Waals surface area contributed by atoms with Crippen LogP contribution < -0.4 is 5.32 Å². The van der Waals surface area contributed by atoms with Gasteiger partial charge in [0.05, 0.1) is 16.8 Å². The number of halogens is 1. The van der Waals surface area contributed by atoms with E-state index in [1.807, 2.05) is 24.3 Å². The van der Waals surface area contributed by atoms with Crippen LogP contribution in [0.25, 0.3) is 10.2 Å². The largest absolute Gasteiger partial charge is 0.343 e. The third kappa shape index (κ3) is 2.73. The molecule has 0 radical (unpaired) electrons. The molecule has 0 bridgehead atoms. The maximum Gasteiger partial charge on any atom is 0.282 e. The molecule has 2 aromatic heterocycles. The predicted molar refractivity (Wildman–Crippen MR) is 75.7 cm³/mol. The van der Waals surface area contributed by atoms with Crippen molar-refractivity contribution in [1.29, 1.82) is 0 Å². The van der Waals surface area contributed by atoms with E-state index in [-0.39, 0.29) is 15.4 Å². The van der Waals surface area contributed by atoms with E-state index in [0.29, 0.717) is 6.54 Å². The van der Waals surface area contributed by atoms with Gasteiger partial charge in [0.15, 0.2) is 0 Å². The Balaban J connectivity index is 1.70. The van der Waals surface area contributed by atoms with Gasteiger partial charge in [-0.2, -0.15) is 0 Å². The van der Waals surface area contributed by atoms with E-state index >= 15 is 0 Å². The normalized spacial score (nSPS) is 10.8. The maximum atomic E-state index is 11.8. The average molecular weight is 311 g/mol. The standard InChI is InChI=1S/C11H7ClN4OS2/c12-11-16-15-10(19-11)9(17)13-5-8-14-6-3-1-2-4-7(6)18-8/h1-4H,5H2,(H,13,17). The van der Waals surface area contributed by atoms with Crippen molar-refractivity contribution in [2.45, 2.75) is 6.54 Å². The molecule has 0 fully saturated rings. The van der Waals surface area contributed by atoms with Gasteiger partial charge >= 0.3 is 0 Å². The molecule has 0 atom stereocenters. The highest BCUT2D eigenvalue weighted by Gasteiger charge is 2.12. The summed E-state index contributed by atoms with van der Waals surface area (Å²) in [5.41, 5.74) is 0.940. The summed E-state index contributed by atoms with van der Waals surface area (Å²) in [6, 6.07) is 7.85. The number of nitrogens with zero attached hydrogens (tertiary/aromatic N) is 3. The van der Waals surface area contributed by atoms with E-state index in [1.54, 1.807) is 11.3 Å². The number of rotatable bonds is 3. The highest BCUT2D eigenvalue weighted by molar-refractivity contribution is 7.18. The van der Waals surface area contributed by atoms with Gasteiger partial charge in [0.25, 0.3) is 5.91 Å². The molecule has 19 heavy (non-hydrogen) atoms. The predicted octanol–water partition coefficient (Wildman–Crippen LogP) is 2.73. The lowest BCUT2D eigenvalue weighted by molar-refractivity contribution is 0.0950. The Hall–Kier alpha value is -1.57. The van der Waals surface area contributed by atoms with Crippen LogP contribution in [0, 0.1) is 0 Å². The highest BCUT2D eigenvalue weighted by Crippen LogP contribution is 2.21. The molecule has 5 nitrogen and oxygen atoms in total. The molecule has 3 aromatic rings. The van der Waals surface area contributed by atoms with E-state index in [1.165, 1.54) is 0 Å². The van der Waals surface area contributed by atoms with E-state index < -0.39 is 0 Å². The third-order valence-electron chi connectivity index (χ3n) is 2.33. The minimum atomic E-state index is -0.288. The molecule has 1 amide bonds. The molecule has 96 valence electrons. The summed E-state index contributed by atoms with van der Waals surface area (Å²) >= 11 is 8.23. The zero-order valence-electron chi connectivity index (χ0n) is 9.46. The van der Waals surface area contributed by atoms with E-state index in [9.17, 15) is 4.79 Å². The van der Waals surface area contributed by atoms with Crippen molar-refractivity contribution in [2.75, 3.05) is 0 Å². The van der Waals surface area contributed by atoms with Crippen LogP contribution in [0.4, 0.5) is 0 Å². The van der Waals surface area contributed by atoms with Crippen LogP contribution in [-0.2, 0) is 6.54 Å². The molecule has 0 saturated heterocycles. The van der Waals surface area contributed by atoms with E-state index in [4.69, 9.17) is 11.6 Å². The molecule has 1 N–H and O–H groups in total. The summed E-state index contributed by atoms with van der Waals surface area (Å²) in [5.74, 6) is -0.288. The van der Waals surface area contributed by atoms with Crippen molar-refractivity contribution in [2.24, 2.45) is 0 Å². The number of carbonyl (C=O) groups is 1. The van der Waals surface area contributed by atoms with Crippen molar-refractivity contribution in [3.8, 4) is 0 Å². The molecule has 0 aliphatic rings. The molecule has 0 spiro atoms. The lowest BCUT2D eigenvalue weighted by Crippen LogP contribution is -2.22. The number of fused-ring (bicyclic) bond motifs is 1. The van der Waals surface area contributed by atoms with Crippen LogP contribution in [0.2, 0.25) is 4.47 Å². The Labute approximate surface area is 121 Å². The van der Waals surface area contributed by atoms with Gasteiger partial charge in [0, 0.05) is 0 Å². The molecule has 3 rings (SSSR count). The molecule has 8 heteroatoms. The Morgan fingerprint density at radius 2 is 2.11 bits per heavy atom. The van der Waals surface area contributed by atoms with Gasteiger partial charge in [0.1, 0.15) is 5.01 Å². The summed E-state index contributed by atoms with van der Waals surface area (Å²) < 4.78 is 1.36. The number of benzene rings is 1. The lowest BCUT2D eigenvalue weighted by atomic mass is 10.3. The van der Waals surface area contributed by atoms with Gasteiger partial charge in [-0.1, -0.05) is 23.5 Å². The fourth-order valence-corrected chi connectivity index (χ4v) is 3.18. The van der Waals surface area contributed by atoms with Crippen LogP contribution >= 0.6 is 34.3 Å². The average Bonchev–Trinajstić information content (AvgIpc) is 3.01. The first-order chi connectivity index (χ1) is 9.22. The van der Waals surface area contributed by atoms with Crippen molar-refractivity contribution in [3.05, 3.63) is 38.7 Å². The molecule has 2 heterocycles. The van der Waals surface area contributed by atoms with Gasteiger partial charge in [0.2, 0.25) is 9.47 Å². The number of hydrogen-bond acceptors (Lipinski definition) is 6. The summed E-state index contributed by atoms with van der Waals surface area (Å²) in [7, 11) is 0. The fourth-order valence-electron chi connectivity index (χ4n) is 1.52. The minimum absolute atomic E-state index is 0.255. The van der Waals surface area contributed by atoms with Gasteiger partial charge in [-0.15, -0.1) is 21.5 Å². The van der Waals surface area contributed by atoms with Gasteiger partial charge in [-0.05, 0) is 23.7 Å². The second-order valence-corrected chi connectivity index (χ2v) is 6.29. The van der Waals surface area contributed by atoms with Crippen LogP contribution in [0.1, 0.15) is 14.8 Å². The Bertz CT molecular complexity index is 706. The minimum Gasteiger partial charge on any atom is -0.343 e. The van der Waals surface area contributed by atoms with Gasteiger partial charge < -0.3 is 5.32 Å². The molecular formula is C11H7ClN4OS2. The number of para-hydroxylation sites is 1. The number of hydrogen-bond donors (Lipinski definition) is 1. The number of aromatic nitrogens is 3. The zero-order valence-corrected chi connectivity index (χ0v) is 11.8. The molecule has 0 saturated carbocycles.